The van der Waals surface area contributed by atoms with Gasteiger partial charge < -0.3 is 19.5 Å². The summed E-state index contributed by atoms with van der Waals surface area (Å²) in [6, 6.07) is 5.63. The van der Waals surface area contributed by atoms with Gasteiger partial charge in [0.05, 0.1) is 13.7 Å². The molecule has 4 heteroatoms. The molecule has 2 rings (SSSR count). The highest BCUT2D eigenvalue weighted by Crippen LogP contribution is 2.32. The zero-order valence-electron chi connectivity index (χ0n) is 11.1. The molecule has 1 heterocycles. The number of aliphatic hydroxyl groups excluding tert-OH is 1. The third-order valence-electron chi connectivity index (χ3n) is 3.31. The van der Waals surface area contributed by atoms with Crippen LogP contribution in [0, 0.1) is 0 Å². The standard InChI is InChI=1S/C14H21NO3/c1-15-8-4-6-12(9-15)18-13-7-3-5-11(10-16)14(13)17-2/h3,5,7,12,16H,4,6,8-10H2,1-2H3. The number of benzene rings is 1. The number of likely N-dealkylation sites (tertiary alicyclic amines) is 1. The fourth-order valence-electron chi connectivity index (χ4n) is 2.41. The second-order valence-electron chi connectivity index (χ2n) is 4.75. The van der Waals surface area contributed by atoms with Gasteiger partial charge in [-0.25, -0.2) is 0 Å². The second kappa shape index (κ2) is 6.07. The Labute approximate surface area is 108 Å². The monoisotopic (exact) mass is 251 g/mol. The number of ether oxygens (including phenoxy) is 2. The highest BCUT2D eigenvalue weighted by Gasteiger charge is 2.20. The van der Waals surface area contributed by atoms with Gasteiger partial charge in [0.25, 0.3) is 0 Å². The molecule has 1 aliphatic heterocycles. The minimum absolute atomic E-state index is 0.0368. The van der Waals surface area contributed by atoms with Crippen molar-refractivity contribution in [3.63, 3.8) is 0 Å². The number of methoxy groups -OCH3 is 1. The number of para-hydroxylation sites is 1. The number of aliphatic hydroxyl groups is 1. The lowest BCUT2D eigenvalue weighted by molar-refractivity contribution is 0.101. The minimum atomic E-state index is -0.0368. The lowest BCUT2D eigenvalue weighted by Gasteiger charge is -2.30. The van der Waals surface area contributed by atoms with E-state index < -0.39 is 0 Å². The van der Waals surface area contributed by atoms with Gasteiger partial charge >= 0.3 is 0 Å². The number of hydrogen-bond acceptors (Lipinski definition) is 4. The van der Waals surface area contributed by atoms with E-state index in [4.69, 9.17) is 9.47 Å². The van der Waals surface area contributed by atoms with Crippen molar-refractivity contribution in [2.24, 2.45) is 0 Å². The molecule has 1 fully saturated rings. The minimum Gasteiger partial charge on any atom is -0.492 e. The largest absolute Gasteiger partial charge is 0.492 e. The summed E-state index contributed by atoms with van der Waals surface area (Å²) in [6.45, 7) is 2.03. The molecule has 4 nitrogen and oxygen atoms in total. The van der Waals surface area contributed by atoms with Crippen LogP contribution in [0.1, 0.15) is 18.4 Å². The van der Waals surface area contributed by atoms with Crippen LogP contribution in [-0.2, 0) is 6.61 Å². The first-order chi connectivity index (χ1) is 8.74. The molecule has 0 bridgehead atoms. The predicted octanol–water partition coefficient (Wildman–Crippen LogP) is 1.66. The van der Waals surface area contributed by atoms with E-state index >= 15 is 0 Å². The molecule has 1 N–H and O–H groups in total. The molecule has 1 saturated heterocycles. The summed E-state index contributed by atoms with van der Waals surface area (Å²) in [6.07, 6.45) is 2.42. The maximum atomic E-state index is 9.28. The van der Waals surface area contributed by atoms with Gasteiger partial charge in [0.15, 0.2) is 11.5 Å². The van der Waals surface area contributed by atoms with E-state index in [0.717, 1.165) is 37.2 Å². The van der Waals surface area contributed by atoms with Gasteiger partial charge in [-0.05, 0) is 32.5 Å². The Balaban J connectivity index is 2.12. The Morgan fingerprint density at radius 3 is 2.94 bits per heavy atom. The summed E-state index contributed by atoms with van der Waals surface area (Å²) in [5, 5.41) is 9.28. The van der Waals surface area contributed by atoms with Crippen LogP contribution in [0.25, 0.3) is 0 Å². The molecule has 1 unspecified atom stereocenters. The molecule has 0 amide bonds. The summed E-state index contributed by atoms with van der Waals surface area (Å²) in [5.41, 5.74) is 0.763. The SMILES string of the molecule is COc1c(CO)cccc1OC1CCCN(C)C1. The summed E-state index contributed by atoms with van der Waals surface area (Å²) >= 11 is 0. The van der Waals surface area contributed by atoms with Crippen LogP contribution in [0.4, 0.5) is 0 Å². The fraction of sp³-hybridized carbons (Fsp3) is 0.571. The smallest absolute Gasteiger partial charge is 0.166 e. The van der Waals surface area contributed by atoms with Crippen LogP contribution in [0.3, 0.4) is 0 Å². The van der Waals surface area contributed by atoms with E-state index in [9.17, 15) is 5.11 Å². The van der Waals surface area contributed by atoms with Crippen LogP contribution in [0.2, 0.25) is 0 Å². The first-order valence-corrected chi connectivity index (χ1v) is 6.36. The number of rotatable bonds is 4. The summed E-state index contributed by atoms with van der Waals surface area (Å²) in [4.78, 5) is 2.27. The van der Waals surface area contributed by atoms with E-state index in [0.29, 0.717) is 5.75 Å². The van der Waals surface area contributed by atoms with Crippen LogP contribution >= 0.6 is 0 Å². The van der Waals surface area contributed by atoms with Gasteiger partial charge in [-0.2, -0.15) is 0 Å². The van der Waals surface area contributed by atoms with Gasteiger partial charge in [-0.3, -0.25) is 0 Å². The molecule has 18 heavy (non-hydrogen) atoms. The molecule has 100 valence electrons. The van der Waals surface area contributed by atoms with Gasteiger partial charge in [0.2, 0.25) is 0 Å². The van der Waals surface area contributed by atoms with Crippen LogP contribution in [0.15, 0.2) is 18.2 Å². The molecule has 0 saturated carbocycles. The Hall–Kier alpha value is -1.26. The Bertz CT molecular complexity index is 395. The van der Waals surface area contributed by atoms with Gasteiger partial charge in [0, 0.05) is 12.1 Å². The number of hydrogen-bond donors (Lipinski definition) is 1. The molecule has 0 aromatic heterocycles. The van der Waals surface area contributed by atoms with Crippen LogP contribution in [0.5, 0.6) is 11.5 Å². The topological polar surface area (TPSA) is 41.9 Å². The molecule has 1 aliphatic rings. The van der Waals surface area contributed by atoms with Crippen molar-refractivity contribution in [1.82, 2.24) is 4.90 Å². The van der Waals surface area contributed by atoms with Crippen LogP contribution < -0.4 is 9.47 Å². The van der Waals surface area contributed by atoms with E-state index in [2.05, 4.69) is 11.9 Å². The van der Waals surface area contributed by atoms with E-state index in [1.165, 1.54) is 0 Å². The maximum Gasteiger partial charge on any atom is 0.166 e. The molecule has 0 spiro atoms. The third kappa shape index (κ3) is 2.94. The Kier molecular flexibility index (Phi) is 4.44. The lowest BCUT2D eigenvalue weighted by atomic mass is 10.1. The van der Waals surface area contributed by atoms with Crippen molar-refractivity contribution >= 4 is 0 Å². The van der Waals surface area contributed by atoms with Crippen molar-refractivity contribution in [3.05, 3.63) is 23.8 Å². The summed E-state index contributed by atoms with van der Waals surface area (Å²) in [7, 11) is 3.71. The molecular formula is C14H21NO3. The zero-order valence-corrected chi connectivity index (χ0v) is 11.1. The molecule has 0 radical (unpaired) electrons. The summed E-state index contributed by atoms with van der Waals surface area (Å²) < 4.78 is 11.3. The lowest BCUT2D eigenvalue weighted by Crippen LogP contribution is -2.38. The molecule has 0 aliphatic carbocycles. The molecule has 1 aromatic carbocycles. The quantitative estimate of drug-likeness (QED) is 0.883. The molecule has 1 atom stereocenters. The number of piperidine rings is 1. The van der Waals surface area contributed by atoms with Crippen molar-refractivity contribution in [2.45, 2.75) is 25.6 Å². The first kappa shape index (κ1) is 13.2. The normalized spacial score (nSPS) is 20.7. The number of likely N-dealkylation sites (N-methyl/N-ethyl adjacent to an activating group) is 1. The molecule has 1 aromatic rings. The van der Waals surface area contributed by atoms with E-state index in [-0.39, 0.29) is 12.7 Å². The number of nitrogens with zero attached hydrogens (tertiary/aromatic N) is 1. The van der Waals surface area contributed by atoms with Crippen molar-refractivity contribution in [1.29, 1.82) is 0 Å². The fourth-order valence-corrected chi connectivity index (χ4v) is 2.41. The van der Waals surface area contributed by atoms with Gasteiger partial charge in [0.1, 0.15) is 6.10 Å². The Morgan fingerprint density at radius 2 is 2.28 bits per heavy atom. The Morgan fingerprint density at radius 1 is 1.44 bits per heavy atom. The zero-order chi connectivity index (χ0) is 13.0. The average Bonchev–Trinajstić information content (AvgIpc) is 2.38. The molecular weight excluding hydrogens is 230 g/mol. The first-order valence-electron chi connectivity index (χ1n) is 6.36. The summed E-state index contributed by atoms with van der Waals surface area (Å²) in [5.74, 6) is 1.37. The van der Waals surface area contributed by atoms with Crippen LogP contribution in [-0.4, -0.2) is 43.4 Å². The van der Waals surface area contributed by atoms with Crippen molar-refractivity contribution in [3.8, 4) is 11.5 Å². The predicted molar refractivity (Wildman–Crippen MR) is 70.1 cm³/mol. The average molecular weight is 251 g/mol. The van der Waals surface area contributed by atoms with Crippen molar-refractivity contribution in [2.75, 3.05) is 27.2 Å². The van der Waals surface area contributed by atoms with Crippen molar-refractivity contribution < 1.29 is 14.6 Å². The maximum absolute atomic E-state index is 9.28. The third-order valence-corrected chi connectivity index (χ3v) is 3.31. The highest BCUT2D eigenvalue weighted by atomic mass is 16.5. The second-order valence-corrected chi connectivity index (χ2v) is 4.75. The van der Waals surface area contributed by atoms with E-state index in [1.54, 1.807) is 7.11 Å². The van der Waals surface area contributed by atoms with E-state index in [1.807, 2.05) is 18.2 Å². The highest BCUT2D eigenvalue weighted by molar-refractivity contribution is 5.46. The van der Waals surface area contributed by atoms with Gasteiger partial charge in [-0.15, -0.1) is 0 Å². The van der Waals surface area contributed by atoms with Gasteiger partial charge in [-0.1, -0.05) is 12.1 Å².